The van der Waals surface area contributed by atoms with E-state index in [4.69, 9.17) is 0 Å². The smallest absolute Gasteiger partial charge is 0.346 e. The van der Waals surface area contributed by atoms with E-state index in [-0.39, 0.29) is 5.54 Å². The van der Waals surface area contributed by atoms with Gasteiger partial charge in [-0.15, -0.1) is 0 Å². The number of hydrogen-bond acceptors (Lipinski definition) is 4. The Bertz CT molecular complexity index is 889. The molecule has 0 aromatic carbocycles. The number of aromatic nitrogens is 4. The van der Waals surface area contributed by atoms with E-state index in [9.17, 15) is 18.0 Å². The van der Waals surface area contributed by atoms with Crippen LogP contribution in [0.2, 0.25) is 0 Å². The van der Waals surface area contributed by atoms with Gasteiger partial charge in [-0.25, -0.2) is 4.98 Å². The van der Waals surface area contributed by atoms with Crippen molar-refractivity contribution in [1.82, 2.24) is 29.5 Å². The van der Waals surface area contributed by atoms with Crippen molar-refractivity contribution in [1.29, 1.82) is 0 Å². The Hall–Kier alpha value is -2.36. The van der Waals surface area contributed by atoms with Gasteiger partial charge in [0, 0.05) is 50.7 Å². The summed E-state index contributed by atoms with van der Waals surface area (Å²) in [6.07, 6.45) is 0.322. The molecule has 5 heterocycles. The van der Waals surface area contributed by atoms with Crippen molar-refractivity contribution < 1.29 is 18.0 Å². The van der Waals surface area contributed by atoms with Gasteiger partial charge < -0.3 is 9.88 Å². The van der Waals surface area contributed by atoms with Gasteiger partial charge >= 0.3 is 6.18 Å². The normalized spacial score (nSPS) is 22.9. The molecule has 10 heteroatoms. The van der Waals surface area contributed by atoms with Gasteiger partial charge in [-0.2, -0.15) is 18.3 Å². The molecule has 0 aliphatic carbocycles. The van der Waals surface area contributed by atoms with Gasteiger partial charge in [-0.1, -0.05) is 0 Å². The minimum absolute atomic E-state index is 0.218. The highest BCUT2D eigenvalue weighted by Crippen LogP contribution is 2.45. The fraction of sp³-hybridized carbons (Fsp3) is 0.611. The molecule has 3 aliphatic heterocycles. The number of likely N-dealkylation sites (tertiary alicyclic amines) is 1. The first-order chi connectivity index (χ1) is 13.3. The summed E-state index contributed by atoms with van der Waals surface area (Å²) in [5.74, 6) is -0.371. The number of rotatable bonds is 4. The minimum atomic E-state index is -4.51. The van der Waals surface area contributed by atoms with Crippen LogP contribution in [0, 0.1) is 0 Å². The summed E-state index contributed by atoms with van der Waals surface area (Å²) in [4.78, 5) is 18.3. The molecule has 28 heavy (non-hydrogen) atoms. The van der Waals surface area contributed by atoms with Gasteiger partial charge in [0.05, 0.1) is 17.3 Å². The van der Waals surface area contributed by atoms with Gasteiger partial charge in [-0.3, -0.25) is 14.4 Å². The average Bonchev–Trinajstić information content (AvgIpc) is 3.27. The molecule has 3 aliphatic rings. The van der Waals surface area contributed by atoms with Crippen molar-refractivity contribution in [2.75, 3.05) is 13.1 Å². The largest absolute Gasteiger partial charge is 0.397 e. The van der Waals surface area contributed by atoms with Gasteiger partial charge in [0.15, 0.2) is 0 Å². The number of nitrogens with one attached hydrogen (secondary N) is 1. The fourth-order valence-corrected chi connectivity index (χ4v) is 4.89. The lowest BCUT2D eigenvalue weighted by Crippen LogP contribution is -2.60. The molecule has 1 amide bonds. The van der Waals surface area contributed by atoms with Crippen molar-refractivity contribution in [2.45, 2.75) is 56.5 Å². The monoisotopic (exact) mass is 394 g/mol. The maximum absolute atomic E-state index is 12.5. The molecule has 1 N–H and O–H groups in total. The Morgan fingerprint density at radius 1 is 1.36 bits per heavy atom. The summed E-state index contributed by atoms with van der Waals surface area (Å²) in [6.45, 7) is 3.28. The van der Waals surface area contributed by atoms with E-state index in [0.29, 0.717) is 12.2 Å². The van der Waals surface area contributed by atoms with E-state index in [1.807, 2.05) is 10.8 Å². The number of hydrogen-bond donors (Lipinski definition) is 1. The third kappa shape index (κ3) is 2.99. The standard InChI is InChI=1S/C18H21F3N6O/c19-18(20,21)8-15(28)23-14-7-17(26-5-3-22-16(14)26)10-25(11-17)9-12-6-13-2-1-4-27(13)24-12/h3,5-6,14H,1-2,4,7-11H2,(H,23,28). The maximum atomic E-state index is 12.5. The number of carbonyl (C=O) groups is 1. The van der Waals surface area contributed by atoms with Crippen LogP contribution in [0.3, 0.4) is 0 Å². The summed E-state index contributed by atoms with van der Waals surface area (Å²) in [5, 5.41) is 7.16. The first-order valence-electron chi connectivity index (χ1n) is 9.49. The Kier molecular flexibility index (Phi) is 3.84. The Labute approximate surface area is 159 Å². The Morgan fingerprint density at radius 3 is 2.93 bits per heavy atom. The van der Waals surface area contributed by atoms with Crippen molar-refractivity contribution in [2.24, 2.45) is 0 Å². The molecule has 5 rings (SSSR count). The van der Waals surface area contributed by atoms with Crippen molar-refractivity contribution in [3.8, 4) is 0 Å². The van der Waals surface area contributed by atoms with Crippen LogP contribution in [-0.2, 0) is 29.8 Å². The highest BCUT2D eigenvalue weighted by atomic mass is 19.4. The predicted octanol–water partition coefficient (Wildman–Crippen LogP) is 1.75. The molecule has 2 aromatic rings. The molecule has 1 spiro atoms. The summed E-state index contributed by atoms with van der Waals surface area (Å²) in [5.41, 5.74) is 2.13. The van der Waals surface area contributed by atoms with Crippen LogP contribution in [0.1, 0.15) is 42.5 Å². The summed E-state index contributed by atoms with van der Waals surface area (Å²) in [6, 6.07) is 1.68. The predicted molar refractivity (Wildman–Crippen MR) is 92.2 cm³/mol. The van der Waals surface area contributed by atoms with E-state index >= 15 is 0 Å². The molecule has 150 valence electrons. The van der Waals surface area contributed by atoms with Crippen LogP contribution >= 0.6 is 0 Å². The number of fused-ring (bicyclic) bond motifs is 3. The van der Waals surface area contributed by atoms with Crippen molar-refractivity contribution in [3.63, 3.8) is 0 Å². The van der Waals surface area contributed by atoms with E-state index < -0.39 is 24.5 Å². The fourth-order valence-electron chi connectivity index (χ4n) is 4.89. The number of nitrogens with zero attached hydrogens (tertiary/aromatic N) is 5. The third-order valence-electron chi connectivity index (χ3n) is 5.91. The number of carbonyl (C=O) groups excluding carboxylic acids is 1. The maximum Gasteiger partial charge on any atom is 0.397 e. The lowest BCUT2D eigenvalue weighted by Gasteiger charge is -2.49. The average molecular weight is 394 g/mol. The van der Waals surface area contributed by atoms with E-state index in [2.05, 4.69) is 31.0 Å². The Balaban J connectivity index is 1.24. The first kappa shape index (κ1) is 17.7. The van der Waals surface area contributed by atoms with Gasteiger partial charge in [0.25, 0.3) is 0 Å². The summed E-state index contributed by atoms with van der Waals surface area (Å²) < 4.78 is 41.5. The van der Waals surface area contributed by atoms with Crippen molar-refractivity contribution >= 4 is 5.91 Å². The molecule has 1 atom stereocenters. The third-order valence-corrected chi connectivity index (χ3v) is 5.91. The SMILES string of the molecule is O=C(CC(F)(F)F)NC1CC2(CN(Cc3cc4n(n3)CCC4)C2)n2ccnc21. The van der Waals surface area contributed by atoms with Gasteiger partial charge in [-0.05, 0) is 18.9 Å². The molecule has 0 radical (unpaired) electrons. The van der Waals surface area contributed by atoms with Crippen LogP contribution in [0.25, 0.3) is 0 Å². The molecule has 1 saturated heterocycles. The molecular weight excluding hydrogens is 373 g/mol. The van der Waals surface area contributed by atoms with Gasteiger partial charge in [0.1, 0.15) is 12.2 Å². The molecular formula is C18H21F3N6O. The molecule has 0 bridgehead atoms. The number of imidazole rings is 1. The Morgan fingerprint density at radius 2 is 2.18 bits per heavy atom. The highest BCUT2D eigenvalue weighted by Gasteiger charge is 2.52. The highest BCUT2D eigenvalue weighted by molar-refractivity contribution is 5.77. The molecule has 1 unspecified atom stereocenters. The zero-order valence-corrected chi connectivity index (χ0v) is 15.2. The molecule has 2 aromatic heterocycles. The van der Waals surface area contributed by atoms with Crippen LogP contribution in [0.15, 0.2) is 18.5 Å². The van der Waals surface area contributed by atoms with E-state index in [1.54, 1.807) is 6.20 Å². The lowest BCUT2D eigenvalue weighted by molar-refractivity contribution is -0.154. The summed E-state index contributed by atoms with van der Waals surface area (Å²) in [7, 11) is 0. The molecule has 0 saturated carbocycles. The number of aryl methyl sites for hydroxylation is 2. The summed E-state index contributed by atoms with van der Waals surface area (Å²) >= 11 is 0. The lowest BCUT2D eigenvalue weighted by atomic mass is 9.86. The first-order valence-corrected chi connectivity index (χ1v) is 9.49. The second kappa shape index (κ2) is 6.07. The van der Waals surface area contributed by atoms with E-state index in [0.717, 1.165) is 44.7 Å². The zero-order valence-electron chi connectivity index (χ0n) is 15.2. The number of alkyl halides is 3. The van der Waals surface area contributed by atoms with Crippen LogP contribution < -0.4 is 5.32 Å². The van der Waals surface area contributed by atoms with Gasteiger partial charge in [0.2, 0.25) is 5.91 Å². The number of halogens is 3. The van der Waals surface area contributed by atoms with Crippen LogP contribution in [0.4, 0.5) is 13.2 Å². The van der Waals surface area contributed by atoms with E-state index in [1.165, 1.54) is 5.69 Å². The second-order valence-electron chi connectivity index (χ2n) is 8.09. The topological polar surface area (TPSA) is 68.0 Å². The van der Waals surface area contributed by atoms with Crippen LogP contribution in [0.5, 0.6) is 0 Å². The second-order valence-corrected chi connectivity index (χ2v) is 8.09. The molecule has 1 fully saturated rings. The van der Waals surface area contributed by atoms with Crippen LogP contribution in [-0.4, -0.2) is 49.4 Å². The zero-order chi connectivity index (χ0) is 19.5. The quantitative estimate of drug-likeness (QED) is 0.858. The van der Waals surface area contributed by atoms with Crippen molar-refractivity contribution in [3.05, 3.63) is 35.7 Å². The minimum Gasteiger partial charge on any atom is -0.346 e. The number of amides is 1. The molecule has 7 nitrogen and oxygen atoms in total.